The van der Waals surface area contributed by atoms with E-state index in [2.05, 4.69) is 9.80 Å². The van der Waals surface area contributed by atoms with Gasteiger partial charge in [0.05, 0.1) is 5.57 Å². The average Bonchev–Trinajstić information content (AvgIpc) is 3.22. The summed E-state index contributed by atoms with van der Waals surface area (Å²) in [4.78, 5) is 29.9. The molecule has 1 aromatic carbocycles. The van der Waals surface area contributed by atoms with E-state index in [1.54, 1.807) is 24.3 Å². The van der Waals surface area contributed by atoms with Gasteiger partial charge >= 0.3 is 0 Å². The second-order valence-electron chi connectivity index (χ2n) is 6.88. The zero-order chi connectivity index (χ0) is 17.4. The minimum Gasteiger partial charge on any atom is -0.350 e. The average molecular weight is 334 g/mol. The summed E-state index contributed by atoms with van der Waals surface area (Å²) in [5.74, 6) is -0.315. The van der Waals surface area contributed by atoms with Gasteiger partial charge in [-0.25, -0.2) is 0 Å². The van der Waals surface area contributed by atoms with E-state index in [1.807, 2.05) is 25.3 Å². The highest BCUT2D eigenvalue weighted by Crippen LogP contribution is 2.31. The number of hydrogen-bond acceptors (Lipinski definition) is 4. The van der Waals surface area contributed by atoms with Gasteiger partial charge in [-0.3, -0.25) is 9.59 Å². The molecular weight excluding hydrogens is 312 g/mol. The largest absolute Gasteiger partial charge is 0.350 e. The molecule has 0 aromatic heterocycles. The first-order valence-electron chi connectivity index (χ1n) is 8.93. The van der Waals surface area contributed by atoms with Crippen LogP contribution >= 0.6 is 0 Å². The van der Waals surface area contributed by atoms with E-state index in [-0.39, 0.29) is 11.6 Å². The second kappa shape index (κ2) is 6.45. The summed E-state index contributed by atoms with van der Waals surface area (Å²) in [5, 5.41) is 0. The predicted molar refractivity (Wildman–Crippen MR) is 97.4 cm³/mol. The molecule has 0 spiro atoms. The van der Waals surface area contributed by atoms with Gasteiger partial charge in [0.2, 0.25) is 0 Å². The Kier molecular flexibility index (Phi) is 4.14. The fourth-order valence-corrected chi connectivity index (χ4v) is 3.82. The first kappa shape index (κ1) is 16.0. The number of fused-ring (bicyclic) bond motifs is 1. The monoisotopic (exact) mass is 334 g/mol. The smallest absolute Gasteiger partial charge is 0.198 e. The van der Waals surface area contributed by atoms with E-state index in [0.717, 1.165) is 24.4 Å². The minimum atomic E-state index is -0.158. The number of likely N-dealkylation sites (tertiary alicyclic amines) is 1. The van der Waals surface area contributed by atoms with E-state index in [4.69, 9.17) is 0 Å². The van der Waals surface area contributed by atoms with Crippen molar-refractivity contribution < 1.29 is 9.59 Å². The normalized spacial score (nSPS) is 20.5. The quantitative estimate of drug-likeness (QED) is 0.629. The summed E-state index contributed by atoms with van der Waals surface area (Å²) in [6, 6.07) is 7.06. The Morgan fingerprint density at radius 2 is 1.60 bits per heavy atom. The third-order valence-electron chi connectivity index (χ3n) is 5.27. The summed E-state index contributed by atoms with van der Waals surface area (Å²) in [7, 11) is 0. The van der Waals surface area contributed by atoms with Gasteiger partial charge in [0.25, 0.3) is 0 Å². The molecule has 1 aromatic rings. The SMILES string of the molecule is CC1=CC(=C2C(=O)c3ccccc3C2=O)C=CN1CCN1CCCC1. The summed E-state index contributed by atoms with van der Waals surface area (Å²) in [6.45, 7) is 6.40. The van der Waals surface area contributed by atoms with Crippen LogP contribution in [0, 0.1) is 0 Å². The van der Waals surface area contributed by atoms with Gasteiger partial charge in [0.1, 0.15) is 0 Å². The standard InChI is InChI=1S/C21H22N2O2/c1-15-14-16(8-11-23(15)13-12-22-9-4-5-10-22)19-20(24)17-6-2-3-7-18(17)21(19)25/h2-3,6-8,11,14H,4-5,9-10,12-13H2,1H3. The van der Waals surface area contributed by atoms with E-state index < -0.39 is 0 Å². The van der Waals surface area contributed by atoms with Crippen molar-refractivity contribution in [3.8, 4) is 0 Å². The molecule has 0 radical (unpaired) electrons. The van der Waals surface area contributed by atoms with Crippen LogP contribution in [0.4, 0.5) is 0 Å². The van der Waals surface area contributed by atoms with Crippen molar-refractivity contribution >= 4 is 11.6 Å². The van der Waals surface area contributed by atoms with Gasteiger partial charge in [-0.05, 0) is 50.6 Å². The van der Waals surface area contributed by atoms with Gasteiger partial charge in [-0.1, -0.05) is 24.3 Å². The molecule has 2 heterocycles. The van der Waals surface area contributed by atoms with Crippen molar-refractivity contribution in [3.63, 3.8) is 0 Å². The maximum Gasteiger partial charge on any atom is 0.198 e. The lowest BCUT2D eigenvalue weighted by atomic mass is 10.0. The van der Waals surface area contributed by atoms with E-state index in [1.165, 1.54) is 25.9 Å². The number of carbonyl (C=O) groups is 2. The van der Waals surface area contributed by atoms with Crippen molar-refractivity contribution in [3.05, 3.63) is 70.6 Å². The molecule has 0 saturated carbocycles. The maximum atomic E-state index is 12.6. The molecule has 0 unspecified atom stereocenters. The number of Topliss-reactive ketones (excluding diaryl/α,β-unsaturated/α-hetero) is 2. The van der Waals surface area contributed by atoms with Crippen LogP contribution in [-0.2, 0) is 0 Å². The molecule has 1 fully saturated rings. The minimum absolute atomic E-state index is 0.158. The van der Waals surface area contributed by atoms with Crippen LogP contribution in [0.15, 0.2) is 59.5 Å². The molecule has 0 amide bonds. The molecule has 2 aliphatic heterocycles. The molecule has 1 saturated heterocycles. The molecule has 4 heteroatoms. The lowest BCUT2D eigenvalue weighted by Crippen LogP contribution is -2.30. The van der Waals surface area contributed by atoms with Gasteiger partial charge in [-0.15, -0.1) is 0 Å². The Morgan fingerprint density at radius 1 is 0.960 bits per heavy atom. The number of benzene rings is 1. The van der Waals surface area contributed by atoms with Gasteiger partial charge < -0.3 is 9.80 Å². The number of hydrogen-bond donors (Lipinski definition) is 0. The van der Waals surface area contributed by atoms with Crippen LogP contribution in [0.5, 0.6) is 0 Å². The summed E-state index contributed by atoms with van der Waals surface area (Å²) in [5.41, 5.74) is 3.13. The first-order valence-corrected chi connectivity index (χ1v) is 8.93. The van der Waals surface area contributed by atoms with Crippen molar-refractivity contribution in [1.29, 1.82) is 0 Å². The van der Waals surface area contributed by atoms with Crippen LogP contribution in [0.25, 0.3) is 0 Å². The Morgan fingerprint density at radius 3 is 2.20 bits per heavy atom. The van der Waals surface area contributed by atoms with Gasteiger partial charge in [0, 0.05) is 36.1 Å². The summed E-state index contributed by atoms with van der Waals surface area (Å²) in [6.07, 6.45) is 8.45. The van der Waals surface area contributed by atoms with E-state index in [0.29, 0.717) is 16.7 Å². The topological polar surface area (TPSA) is 40.6 Å². The van der Waals surface area contributed by atoms with E-state index >= 15 is 0 Å². The Hall–Kier alpha value is -2.46. The van der Waals surface area contributed by atoms with Crippen LogP contribution in [0.1, 0.15) is 40.5 Å². The summed E-state index contributed by atoms with van der Waals surface area (Å²) < 4.78 is 0. The fraction of sp³-hybridized carbons (Fsp3) is 0.333. The van der Waals surface area contributed by atoms with Crippen molar-refractivity contribution in [2.75, 3.05) is 26.2 Å². The van der Waals surface area contributed by atoms with Crippen molar-refractivity contribution in [1.82, 2.24) is 9.80 Å². The molecule has 0 N–H and O–H groups in total. The van der Waals surface area contributed by atoms with Crippen LogP contribution in [-0.4, -0.2) is 47.5 Å². The molecule has 128 valence electrons. The molecular formula is C21H22N2O2. The lowest BCUT2D eigenvalue weighted by Gasteiger charge is -2.27. The Balaban J connectivity index is 1.55. The van der Waals surface area contributed by atoms with Crippen LogP contribution in [0.3, 0.4) is 0 Å². The molecule has 3 aliphatic rings. The highest BCUT2D eigenvalue weighted by Gasteiger charge is 2.34. The molecule has 1 aliphatic carbocycles. The number of carbonyl (C=O) groups excluding carboxylic acids is 2. The zero-order valence-corrected chi connectivity index (χ0v) is 14.5. The second-order valence-corrected chi connectivity index (χ2v) is 6.88. The van der Waals surface area contributed by atoms with Gasteiger partial charge in [-0.2, -0.15) is 0 Å². The Bertz CT molecular complexity index is 789. The number of allylic oxidation sites excluding steroid dienone is 5. The number of ketones is 2. The predicted octanol–water partition coefficient (Wildman–Crippen LogP) is 3.19. The molecule has 4 rings (SSSR count). The summed E-state index contributed by atoms with van der Waals surface area (Å²) >= 11 is 0. The number of rotatable bonds is 3. The number of nitrogens with zero attached hydrogens (tertiary/aromatic N) is 2. The highest BCUT2D eigenvalue weighted by molar-refractivity contribution is 6.40. The molecule has 4 nitrogen and oxygen atoms in total. The van der Waals surface area contributed by atoms with Crippen LogP contribution in [0.2, 0.25) is 0 Å². The molecule has 0 atom stereocenters. The first-order chi connectivity index (χ1) is 12.1. The molecule has 0 bridgehead atoms. The lowest BCUT2D eigenvalue weighted by molar-refractivity contribution is 0.0988. The zero-order valence-electron chi connectivity index (χ0n) is 14.5. The van der Waals surface area contributed by atoms with Gasteiger partial charge in [0.15, 0.2) is 11.6 Å². The van der Waals surface area contributed by atoms with E-state index in [9.17, 15) is 9.59 Å². The van der Waals surface area contributed by atoms with Crippen molar-refractivity contribution in [2.24, 2.45) is 0 Å². The third kappa shape index (κ3) is 2.87. The van der Waals surface area contributed by atoms with Crippen molar-refractivity contribution in [2.45, 2.75) is 19.8 Å². The molecule has 25 heavy (non-hydrogen) atoms. The highest BCUT2D eigenvalue weighted by atomic mass is 16.2. The maximum absolute atomic E-state index is 12.6. The van der Waals surface area contributed by atoms with Crippen LogP contribution < -0.4 is 0 Å². The third-order valence-corrected chi connectivity index (χ3v) is 5.27. The fourth-order valence-electron chi connectivity index (χ4n) is 3.82. The Labute approximate surface area is 148 Å².